The molecule has 0 N–H and O–H groups in total. The summed E-state index contributed by atoms with van der Waals surface area (Å²) in [4.78, 5) is 20.8. The molecule has 0 saturated carbocycles. The summed E-state index contributed by atoms with van der Waals surface area (Å²) in [5, 5.41) is 20.8. The van der Waals surface area contributed by atoms with Crippen LogP contribution < -0.4 is 10.2 Å². The first-order chi connectivity index (χ1) is 12.5. The Morgan fingerprint density at radius 2 is 1.00 bits per heavy atom. The Bertz CT molecular complexity index is 621. The predicted octanol–water partition coefficient (Wildman–Crippen LogP) is 1.17. The summed E-state index contributed by atoms with van der Waals surface area (Å²) in [5.74, 6) is -2.30. The molecule has 0 amide bonds. The van der Waals surface area contributed by atoms with Crippen LogP contribution in [0.2, 0.25) is 0 Å². The van der Waals surface area contributed by atoms with Crippen molar-refractivity contribution in [1.82, 2.24) is 0 Å². The van der Waals surface area contributed by atoms with Gasteiger partial charge in [0, 0.05) is 13.2 Å². The molecular weight excluding hydrogens is 400 g/mol. The van der Waals surface area contributed by atoms with Gasteiger partial charge >= 0.3 is 17.1 Å². The molecule has 2 aromatic carbocycles. The van der Waals surface area contributed by atoms with E-state index in [0.717, 1.165) is 11.1 Å². The maximum atomic E-state index is 10.4. The first kappa shape index (κ1) is 24.8. The summed E-state index contributed by atoms with van der Waals surface area (Å²) in [7, 11) is 0. The Kier molecular flexibility index (Phi) is 12.8. The molecule has 0 spiro atoms. The number of hydrogen-bond donors (Lipinski definition) is 0. The third-order valence-electron chi connectivity index (χ3n) is 3.32. The number of benzene rings is 2. The van der Waals surface area contributed by atoms with Gasteiger partial charge in [-0.2, -0.15) is 0 Å². The maximum absolute atomic E-state index is 10.4. The smallest absolute Gasteiger partial charge is 0.545 e. The summed E-state index contributed by atoms with van der Waals surface area (Å²) in [5.41, 5.74) is 2.32. The minimum atomic E-state index is -1.15. The van der Waals surface area contributed by atoms with Crippen molar-refractivity contribution in [3.05, 3.63) is 70.8 Å². The SMILES string of the molecule is CCOCc1ccc(C(=O)[O-])cc1.CCOCc1ccc(C(=O)[O-])cc1.[Cu+2]. The van der Waals surface area contributed by atoms with Crippen LogP contribution in [0.15, 0.2) is 48.5 Å². The monoisotopic (exact) mass is 421 g/mol. The topological polar surface area (TPSA) is 98.7 Å². The molecule has 6 nitrogen and oxygen atoms in total. The number of rotatable bonds is 8. The van der Waals surface area contributed by atoms with E-state index in [1.807, 2.05) is 13.8 Å². The van der Waals surface area contributed by atoms with Gasteiger partial charge in [-0.3, -0.25) is 0 Å². The van der Waals surface area contributed by atoms with Gasteiger partial charge in [-0.15, -0.1) is 0 Å². The molecule has 1 radical (unpaired) electrons. The molecule has 27 heavy (non-hydrogen) atoms. The zero-order valence-corrected chi connectivity index (χ0v) is 16.1. The van der Waals surface area contributed by atoms with Gasteiger partial charge in [-0.1, -0.05) is 48.5 Å². The molecular formula is C20H22CuO6. The zero-order valence-electron chi connectivity index (χ0n) is 15.2. The number of carboxylic acids is 2. The molecule has 0 aliphatic rings. The van der Waals surface area contributed by atoms with Crippen LogP contribution >= 0.6 is 0 Å². The molecule has 2 rings (SSSR count). The van der Waals surface area contributed by atoms with E-state index in [-0.39, 0.29) is 28.2 Å². The van der Waals surface area contributed by atoms with Crippen LogP contribution in [0, 0.1) is 0 Å². The molecule has 0 aliphatic carbocycles. The van der Waals surface area contributed by atoms with Gasteiger partial charge in [0.1, 0.15) is 0 Å². The van der Waals surface area contributed by atoms with Crippen molar-refractivity contribution in [2.45, 2.75) is 27.1 Å². The number of aromatic carboxylic acids is 2. The Hall–Kier alpha value is -2.18. The molecule has 2 aromatic rings. The zero-order chi connectivity index (χ0) is 19.4. The van der Waals surface area contributed by atoms with Crippen molar-refractivity contribution in [2.75, 3.05) is 13.2 Å². The fourth-order valence-corrected chi connectivity index (χ4v) is 1.91. The number of carbonyl (C=O) groups excluding carboxylic acids is 2. The second-order valence-corrected chi connectivity index (χ2v) is 5.24. The van der Waals surface area contributed by atoms with E-state index >= 15 is 0 Å². The summed E-state index contributed by atoms with van der Waals surface area (Å²) in [6.07, 6.45) is 0. The van der Waals surface area contributed by atoms with Gasteiger partial charge < -0.3 is 29.3 Å². The van der Waals surface area contributed by atoms with E-state index in [9.17, 15) is 19.8 Å². The predicted molar refractivity (Wildman–Crippen MR) is 92.2 cm³/mol. The number of hydrogen-bond acceptors (Lipinski definition) is 6. The summed E-state index contributed by atoms with van der Waals surface area (Å²) in [6, 6.07) is 13.0. The van der Waals surface area contributed by atoms with Gasteiger partial charge in [0.05, 0.1) is 25.2 Å². The standard InChI is InChI=1S/2C10H12O3.Cu/c2*1-2-13-7-8-3-5-9(6-4-8)10(11)12;/h2*3-6H,2,7H2,1H3,(H,11,12);/q;;+2/p-2. The molecule has 0 unspecified atom stereocenters. The summed E-state index contributed by atoms with van der Waals surface area (Å²) in [6.45, 7) is 6.17. The number of carbonyl (C=O) groups is 2. The number of ether oxygens (including phenoxy) is 2. The quantitative estimate of drug-likeness (QED) is 0.593. The van der Waals surface area contributed by atoms with E-state index in [2.05, 4.69) is 0 Å². The van der Waals surface area contributed by atoms with Crippen molar-refractivity contribution in [3.63, 3.8) is 0 Å². The van der Waals surface area contributed by atoms with Crippen molar-refractivity contribution >= 4 is 11.9 Å². The first-order valence-corrected chi connectivity index (χ1v) is 8.24. The maximum Gasteiger partial charge on any atom is 2.00 e. The second-order valence-electron chi connectivity index (χ2n) is 5.24. The molecule has 0 bridgehead atoms. The van der Waals surface area contributed by atoms with Crippen molar-refractivity contribution in [2.24, 2.45) is 0 Å². The molecule has 0 saturated heterocycles. The normalized spacial score (nSPS) is 9.56. The minimum absolute atomic E-state index is 0. The van der Waals surface area contributed by atoms with Crippen LogP contribution in [0.5, 0.6) is 0 Å². The van der Waals surface area contributed by atoms with E-state index in [1.54, 1.807) is 24.3 Å². The molecule has 149 valence electrons. The van der Waals surface area contributed by atoms with Gasteiger partial charge in [-0.25, -0.2) is 0 Å². The Labute approximate surface area is 169 Å². The van der Waals surface area contributed by atoms with Crippen molar-refractivity contribution in [1.29, 1.82) is 0 Å². The second kappa shape index (κ2) is 13.9. The number of carboxylic acid groups (broad SMARTS) is 2. The van der Waals surface area contributed by atoms with E-state index in [4.69, 9.17) is 9.47 Å². The third-order valence-corrected chi connectivity index (χ3v) is 3.32. The largest absolute Gasteiger partial charge is 2.00 e. The summed E-state index contributed by atoms with van der Waals surface area (Å²) >= 11 is 0. The van der Waals surface area contributed by atoms with Gasteiger partial charge in [0.25, 0.3) is 0 Å². The first-order valence-electron chi connectivity index (χ1n) is 8.24. The molecule has 0 atom stereocenters. The Morgan fingerprint density at radius 3 is 1.22 bits per heavy atom. The molecule has 7 heteroatoms. The molecule has 0 aliphatic heterocycles. The van der Waals surface area contributed by atoms with Crippen LogP contribution in [0.3, 0.4) is 0 Å². The molecule has 0 aromatic heterocycles. The summed E-state index contributed by atoms with van der Waals surface area (Å²) < 4.78 is 10.3. The van der Waals surface area contributed by atoms with E-state index in [1.165, 1.54) is 24.3 Å². The van der Waals surface area contributed by atoms with Crippen LogP contribution in [0.1, 0.15) is 45.7 Å². The van der Waals surface area contributed by atoms with Crippen molar-refractivity contribution < 1.29 is 46.3 Å². The average Bonchev–Trinajstić information content (AvgIpc) is 2.66. The van der Waals surface area contributed by atoms with Crippen LogP contribution in [0.4, 0.5) is 0 Å². The van der Waals surface area contributed by atoms with Crippen LogP contribution in [0.25, 0.3) is 0 Å². The van der Waals surface area contributed by atoms with Crippen LogP contribution in [-0.4, -0.2) is 25.2 Å². The Balaban J connectivity index is 0.000000483. The average molecular weight is 422 g/mol. The Morgan fingerprint density at radius 1 is 0.704 bits per heavy atom. The molecule has 0 fully saturated rings. The fourth-order valence-electron chi connectivity index (χ4n) is 1.91. The van der Waals surface area contributed by atoms with E-state index < -0.39 is 11.9 Å². The third kappa shape index (κ3) is 9.91. The minimum Gasteiger partial charge on any atom is -0.545 e. The van der Waals surface area contributed by atoms with Gasteiger partial charge in [-0.05, 0) is 36.1 Å². The molecule has 0 heterocycles. The fraction of sp³-hybridized carbons (Fsp3) is 0.300. The van der Waals surface area contributed by atoms with Gasteiger partial charge in [0.2, 0.25) is 0 Å². The van der Waals surface area contributed by atoms with Crippen molar-refractivity contribution in [3.8, 4) is 0 Å². The van der Waals surface area contributed by atoms with Crippen LogP contribution in [-0.2, 0) is 39.8 Å². The van der Waals surface area contributed by atoms with Gasteiger partial charge in [0.15, 0.2) is 0 Å². The van der Waals surface area contributed by atoms with E-state index in [0.29, 0.717) is 26.4 Å².